The van der Waals surface area contributed by atoms with E-state index >= 15 is 0 Å². The van der Waals surface area contributed by atoms with Gasteiger partial charge in [-0.1, -0.05) is 62.4 Å². The number of rotatable bonds is 5. The van der Waals surface area contributed by atoms with E-state index in [9.17, 15) is 5.26 Å². The van der Waals surface area contributed by atoms with Crippen LogP contribution in [0.15, 0.2) is 48.5 Å². The number of benzene rings is 2. The minimum Gasteiger partial charge on any atom is -0.315 e. The van der Waals surface area contributed by atoms with Crippen molar-refractivity contribution in [3.63, 3.8) is 0 Å². The molecule has 3 rings (SSSR count). The Kier molecular flexibility index (Phi) is 4.00. The molecule has 0 amide bonds. The zero-order chi connectivity index (χ0) is 15.6. The third kappa shape index (κ3) is 2.32. The average molecular weight is 290 g/mol. The Labute approximate surface area is 132 Å². The van der Waals surface area contributed by atoms with Crippen LogP contribution >= 0.6 is 0 Å². The van der Waals surface area contributed by atoms with Crippen LogP contribution in [0, 0.1) is 11.3 Å². The Morgan fingerprint density at radius 3 is 2.05 bits per heavy atom. The summed E-state index contributed by atoms with van der Waals surface area (Å²) >= 11 is 0. The van der Waals surface area contributed by atoms with Gasteiger partial charge in [0, 0.05) is 6.04 Å². The van der Waals surface area contributed by atoms with E-state index in [4.69, 9.17) is 0 Å². The number of nitriles is 1. The smallest absolute Gasteiger partial charge is 0.108 e. The fourth-order valence-electron chi connectivity index (χ4n) is 3.52. The second-order valence-electron chi connectivity index (χ2n) is 6.32. The van der Waals surface area contributed by atoms with E-state index in [1.54, 1.807) is 0 Å². The van der Waals surface area contributed by atoms with Crippen LogP contribution in [0.2, 0.25) is 0 Å². The number of fused-ring (bicyclic) bond motifs is 3. The Hall–Kier alpha value is -2.11. The zero-order valence-corrected chi connectivity index (χ0v) is 13.3. The van der Waals surface area contributed by atoms with E-state index in [2.05, 4.69) is 61.6 Å². The average Bonchev–Trinajstić information content (AvgIpc) is 2.83. The van der Waals surface area contributed by atoms with Crippen molar-refractivity contribution < 1.29 is 0 Å². The Morgan fingerprint density at radius 2 is 1.55 bits per heavy atom. The molecule has 1 N–H and O–H groups in total. The van der Waals surface area contributed by atoms with Crippen molar-refractivity contribution in [3.05, 3.63) is 59.7 Å². The third-order valence-electron chi connectivity index (χ3n) is 4.54. The summed E-state index contributed by atoms with van der Waals surface area (Å²) in [5.74, 6) is 0. The van der Waals surface area contributed by atoms with E-state index in [1.807, 2.05) is 12.1 Å². The fraction of sp³-hybridized carbons (Fsp3) is 0.350. The Morgan fingerprint density at radius 1 is 1.00 bits per heavy atom. The van der Waals surface area contributed by atoms with E-state index < -0.39 is 5.41 Å². The molecule has 22 heavy (non-hydrogen) atoms. The molecule has 1 aliphatic carbocycles. The quantitative estimate of drug-likeness (QED) is 0.835. The van der Waals surface area contributed by atoms with Gasteiger partial charge in [0.25, 0.3) is 0 Å². The molecule has 2 nitrogen and oxygen atoms in total. The summed E-state index contributed by atoms with van der Waals surface area (Å²) in [5, 5.41) is 13.5. The lowest BCUT2D eigenvalue weighted by Crippen LogP contribution is -2.28. The molecule has 0 heterocycles. The molecular weight excluding hydrogens is 268 g/mol. The van der Waals surface area contributed by atoms with Gasteiger partial charge in [-0.2, -0.15) is 5.26 Å². The van der Waals surface area contributed by atoms with Crippen molar-refractivity contribution in [2.75, 3.05) is 6.54 Å². The normalized spacial score (nSPS) is 14.5. The van der Waals surface area contributed by atoms with Crippen LogP contribution in [0.5, 0.6) is 0 Å². The van der Waals surface area contributed by atoms with Crippen molar-refractivity contribution in [2.45, 2.75) is 38.1 Å². The van der Waals surface area contributed by atoms with Gasteiger partial charge >= 0.3 is 0 Å². The molecule has 0 aromatic heterocycles. The highest BCUT2D eigenvalue weighted by atomic mass is 14.9. The fourth-order valence-corrected chi connectivity index (χ4v) is 3.52. The van der Waals surface area contributed by atoms with Crippen molar-refractivity contribution in [1.82, 2.24) is 5.32 Å². The van der Waals surface area contributed by atoms with Crippen LogP contribution < -0.4 is 5.32 Å². The lowest BCUT2D eigenvalue weighted by molar-refractivity contribution is 0.512. The first-order valence-electron chi connectivity index (χ1n) is 8.03. The summed E-state index contributed by atoms with van der Waals surface area (Å²) in [6, 6.07) is 19.9. The van der Waals surface area contributed by atoms with Crippen LogP contribution in [-0.4, -0.2) is 12.6 Å². The topological polar surface area (TPSA) is 35.8 Å². The molecule has 2 heteroatoms. The lowest BCUT2D eigenvalue weighted by atomic mass is 9.76. The second kappa shape index (κ2) is 5.94. The van der Waals surface area contributed by atoms with Crippen LogP contribution in [0.1, 0.15) is 37.8 Å². The standard InChI is InChI=1S/C20H22N2/c1-15(2)22-13-7-12-20(14-21)18-10-5-3-8-16(18)17-9-4-6-11-19(17)20/h3-6,8-11,15,22H,7,12-13H2,1-2H3. The van der Waals surface area contributed by atoms with E-state index in [0.717, 1.165) is 19.4 Å². The molecule has 0 radical (unpaired) electrons. The SMILES string of the molecule is CC(C)NCCCC1(C#N)c2ccccc2-c2ccccc21. The summed E-state index contributed by atoms with van der Waals surface area (Å²) in [4.78, 5) is 0. The van der Waals surface area contributed by atoms with Gasteiger partial charge in [0.2, 0.25) is 0 Å². The maximum atomic E-state index is 10.0. The predicted molar refractivity (Wildman–Crippen MR) is 90.6 cm³/mol. The molecule has 0 unspecified atom stereocenters. The summed E-state index contributed by atoms with van der Waals surface area (Å²) in [7, 11) is 0. The molecule has 1 aliphatic rings. The molecular formula is C20H22N2. The number of hydrogen-bond acceptors (Lipinski definition) is 2. The summed E-state index contributed by atoms with van der Waals surface area (Å²) in [6.07, 6.45) is 1.85. The summed E-state index contributed by atoms with van der Waals surface area (Å²) < 4.78 is 0. The molecule has 0 fully saturated rings. The maximum absolute atomic E-state index is 10.0. The molecule has 0 saturated heterocycles. The number of nitrogens with zero attached hydrogens (tertiary/aromatic N) is 1. The summed E-state index contributed by atoms with van der Waals surface area (Å²) in [6.45, 7) is 5.26. The maximum Gasteiger partial charge on any atom is 0.108 e. The molecule has 0 saturated carbocycles. The van der Waals surface area contributed by atoms with E-state index in [1.165, 1.54) is 22.3 Å². The van der Waals surface area contributed by atoms with Gasteiger partial charge in [-0.15, -0.1) is 0 Å². The largest absolute Gasteiger partial charge is 0.315 e. The molecule has 112 valence electrons. The van der Waals surface area contributed by atoms with Crippen LogP contribution in [0.3, 0.4) is 0 Å². The van der Waals surface area contributed by atoms with E-state index in [0.29, 0.717) is 6.04 Å². The monoisotopic (exact) mass is 290 g/mol. The van der Waals surface area contributed by atoms with Crippen LogP contribution in [0.4, 0.5) is 0 Å². The van der Waals surface area contributed by atoms with Gasteiger partial charge in [-0.25, -0.2) is 0 Å². The predicted octanol–water partition coefficient (Wildman–Crippen LogP) is 4.25. The van der Waals surface area contributed by atoms with Crippen LogP contribution in [-0.2, 0) is 5.41 Å². The van der Waals surface area contributed by atoms with Crippen molar-refractivity contribution >= 4 is 0 Å². The first-order chi connectivity index (χ1) is 10.7. The van der Waals surface area contributed by atoms with Gasteiger partial charge in [0.15, 0.2) is 0 Å². The van der Waals surface area contributed by atoms with Crippen molar-refractivity contribution in [2.24, 2.45) is 0 Å². The Bertz CT molecular complexity index is 664. The Balaban J connectivity index is 1.98. The van der Waals surface area contributed by atoms with Crippen molar-refractivity contribution in [3.8, 4) is 17.2 Å². The van der Waals surface area contributed by atoms with Gasteiger partial charge in [-0.3, -0.25) is 0 Å². The highest BCUT2D eigenvalue weighted by molar-refractivity contribution is 5.82. The number of hydrogen-bond donors (Lipinski definition) is 1. The summed E-state index contributed by atoms with van der Waals surface area (Å²) in [5.41, 5.74) is 4.28. The molecule has 0 spiro atoms. The van der Waals surface area contributed by atoms with Gasteiger partial charge < -0.3 is 5.32 Å². The third-order valence-corrected chi connectivity index (χ3v) is 4.54. The number of nitrogens with one attached hydrogen (secondary N) is 1. The first-order valence-corrected chi connectivity index (χ1v) is 8.03. The second-order valence-corrected chi connectivity index (χ2v) is 6.32. The van der Waals surface area contributed by atoms with Gasteiger partial charge in [-0.05, 0) is 41.6 Å². The van der Waals surface area contributed by atoms with Crippen molar-refractivity contribution in [1.29, 1.82) is 5.26 Å². The highest BCUT2D eigenvalue weighted by Crippen LogP contribution is 2.50. The molecule has 0 atom stereocenters. The zero-order valence-electron chi connectivity index (χ0n) is 13.3. The van der Waals surface area contributed by atoms with Crippen LogP contribution in [0.25, 0.3) is 11.1 Å². The highest BCUT2D eigenvalue weighted by Gasteiger charge is 2.42. The molecule has 0 bridgehead atoms. The van der Waals surface area contributed by atoms with Gasteiger partial charge in [0.1, 0.15) is 5.41 Å². The molecule has 2 aromatic carbocycles. The lowest BCUT2D eigenvalue weighted by Gasteiger charge is -2.24. The molecule has 0 aliphatic heterocycles. The van der Waals surface area contributed by atoms with Gasteiger partial charge in [0.05, 0.1) is 6.07 Å². The minimum absolute atomic E-state index is 0.487. The first kappa shape index (κ1) is 14.8. The minimum atomic E-state index is -0.494. The van der Waals surface area contributed by atoms with E-state index in [-0.39, 0.29) is 0 Å². The molecule has 2 aromatic rings.